The Morgan fingerprint density at radius 1 is 1.23 bits per heavy atom. The lowest BCUT2D eigenvalue weighted by Gasteiger charge is -2.43. The number of thiophene rings is 1. The summed E-state index contributed by atoms with van der Waals surface area (Å²) in [5.41, 5.74) is 1.24. The summed E-state index contributed by atoms with van der Waals surface area (Å²) in [7, 11) is 0. The van der Waals surface area contributed by atoms with Crippen molar-refractivity contribution >= 4 is 23.2 Å². The third-order valence-corrected chi connectivity index (χ3v) is 6.32. The highest BCUT2D eigenvalue weighted by molar-refractivity contribution is 7.12. The Bertz CT molecular complexity index is 625. The van der Waals surface area contributed by atoms with Crippen molar-refractivity contribution in [1.82, 2.24) is 14.7 Å². The number of rotatable bonds is 5. The van der Waals surface area contributed by atoms with Crippen LogP contribution in [0.2, 0.25) is 0 Å². The maximum absolute atomic E-state index is 11.8. The molecular formula is C19H29N3O3S. The fourth-order valence-electron chi connectivity index (χ4n) is 3.86. The van der Waals surface area contributed by atoms with Gasteiger partial charge in [-0.15, -0.1) is 11.3 Å². The second-order valence-electron chi connectivity index (χ2n) is 7.13. The Morgan fingerprint density at radius 2 is 2.00 bits per heavy atom. The van der Waals surface area contributed by atoms with Crippen LogP contribution in [0.25, 0.3) is 0 Å². The van der Waals surface area contributed by atoms with Gasteiger partial charge in [0.15, 0.2) is 5.78 Å². The van der Waals surface area contributed by atoms with Crippen molar-refractivity contribution < 1.29 is 14.3 Å². The lowest BCUT2D eigenvalue weighted by atomic mass is 10.0. The topological polar surface area (TPSA) is 53.1 Å². The smallest absolute Gasteiger partial charge is 0.409 e. The van der Waals surface area contributed by atoms with Gasteiger partial charge in [0.25, 0.3) is 0 Å². The first-order chi connectivity index (χ1) is 12.6. The van der Waals surface area contributed by atoms with E-state index in [1.54, 1.807) is 18.3 Å². The van der Waals surface area contributed by atoms with Crippen LogP contribution in [0.4, 0.5) is 4.79 Å². The van der Waals surface area contributed by atoms with Gasteiger partial charge in [-0.2, -0.15) is 0 Å². The zero-order valence-corrected chi connectivity index (χ0v) is 16.6. The number of amides is 1. The zero-order valence-electron chi connectivity index (χ0n) is 15.8. The van der Waals surface area contributed by atoms with Crippen molar-refractivity contribution in [2.24, 2.45) is 0 Å². The molecule has 0 N–H and O–H groups in total. The van der Waals surface area contributed by atoms with Gasteiger partial charge in [0.2, 0.25) is 0 Å². The first-order valence-electron chi connectivity index (χ1n) is 9.53. The molecule has 0 spiro atoms. The Morgan fingerprint density at radius 3 is 2.65 bits per heavy atom. The van der Waals surface area contributed by atoms with Crippen LogP contribution in [0.5, 0.6) is 0 Å². The van der Waals surface area contributed by atoms with E-state index in [4.69, 9.17) is 4.74 Å². The number of piperazine rings is 1. The van der Waals surface area contributed by atoms with E-state index >= 15 is 0 Å². The fraction of sp³-hybridized carbons (Fsp3) is 0.684. The molecule has 1 atom stereocenters. The van der Waals surface area contributed by atoms with Gasteiger partial charge in [0.05, 0.1) is 11.5 Å². The van der Waals surface area contributed by atoms with E-state index in [1.165, 1.54) is 18.4 Å². The maximum atomic E-state index is 11.8. The lowest BCUT2D eigenvalue weighted by Crippen LogP contribution is -2.55. The molecule has 26 heavy (non-hydrogen) atoms. The number of carbonyl (C=O) groups excluding carboxylic acids is 2. The molecule has 3 heterocycles. The Balaban J connectivity index is 1.49. The molecular weight excluding hydrogens is 350 g/mol. The van der Waals surface area contributed by atoms with Gasteiger partial charge in [-0.3, -0.25) is 14.6 Å². The first-order valence-corrected chi connectivity index (χ1v) is 10.4. The predicted molar refractivity (Wildman–Crippen MR) is 103 cm³/mol. The average molecular weight is 380 g/mol. The quantitative estimate of drug-likeness (QED) is 0.737. The number of hydrogen-bond donors (Lipinski definition) is 0. The molecule has 1 aromatic rings. The van der Waals surface area contributed by atoms with E-state index in [-0.39, 0.29) is 11.9 Å². The molecule has 2 aliphatic rings. The summed E-state index contributed by atoms with van der Waals surface area (Å²) in [5, 5.41) is 2.11. The molecule has 3 rings (SSSR count). The van der Waals surface area contributed by atoms with Crippen LogP contribution in [0.1, 0.15) is 41.9 Å². The molecule has 0 saturated carbocycles. The molecule has 144 valence electrons. The second-order valence-corrected chi connectivity index (χ2v) is 8.04. The number of ketones is 1. The normalized spacial score (nSPS) is 22.4. The summed E-state index contributed by atoms with van der Waals surface area (Å²) in [5.74, 6) is 0.150. The molecule has 1 aromatic heterocycles. The zero-order chi connectivity index (χ0) is 18.5. The summed E-state index contributed by atoms with van der Waals surface area (Å²) in [6, 6.07) is 2.59. The van der Waals surface area contributed by atoms with Crippen LogP contribution in [0.15, 0.2) is 11.4 Å². The summed E-state index contributed by atoms with van der Waals surface area (Å²) < 4.78 is 5.10. The van der Waals surface area contributed by atoms with Crippen molar-refractivity contribution in [3.63, 3.8) is 0 Å². The van der Waals surface area contributed by atoms with Crippen LogP contribution in [0.3, 0.4) is 0 Å². The molecule has 0 aliphatic carbocycles. The van der Waals surface area contributed by atoms with Crippen molar-refractivity contribution in [2.45, 2.75) is 39.3 Å². The SMILES string of the molecule is CCOC(=O)N1CCN([C@@H]2CCCN(Cc3csc(C(C)=O)c3)C2)CC1. The molecule has 0 bridgehead atoms. The van der Waals surface area contributed by atoms with Gasteiger partial charge in [0.1, 0.15) is 0 Å². The highest BCUT2D eigenvalue weighted by Gasteiger charge is 2.29. The Kier molecular flexibility index (Phi) is 6.67. The van der Waals surface area contributed by atoms with Gasteiger partial charge in [-0.05, 0) is 50.2 Å². The number of hydrogen-bond acceptors (Lipinski definition) is 6. The molecule has 2 aliphatic heterocycles. The van der Waals surface area contributed by atoms with Crippen LogP contribution < -0.4 is 0 Å². The predicted octanol–water partition coefficient (Wildman–Crippen LogP) is 2.69. The van der Waals surface area contributed by atoms with E-state index in [1.807, 2.05) is 17.9 Å². The summed E-state index contributed by atoms with van der Waals surface area (Å²) >= 11 is 1.55. The van der Waals surface area contributed by atoms with Crippen molar-refractivity contribution in [3.05, 3.63) is 21.9 Å². The average Bonchev–Trinajstić information content (AvgIpc) is 3.11. The monoisotopic (exact) mass is 379 g/mol. The van der Waals surface area contributed by atoms with Crippen molar-refractivity contribution in [1.29, 1.82) is 0 Å². The third-order valence-electron chi connectivity index (χ3n) is 5.24. The summed E-state index contributed by atoms with van der Waals surface area (Å²) in [6.45, 7) is 10.3. The molecule has 0 aromatic carbocycles. The van der Waals surface area contributed by atoms with Gasteiger partial charge >= 0.3 is 6.09 Å². The van der Waals surface area contributed by atoms with Crippen LogP contribution in [-0.4, -0.2) is 78.5 Å². The molecule has 6 nitrogen and oxygen atoms in total. The summed E-state index contributed by atoms with van der Waals surface area (Å²) in [6.07, 6.45) is 2.24. The number of ether oxygens (including phenoxy) is 1. The fourth-order valence-corrected chi connectivity index (χ4v) is 4.66. The van der Waals surface area contributed by atoms with Crippen LogP contribution in [-0.2, 0) is 11.3 Å². The minimum absolute atomic E-state index is 0.150. The van der Waals surface area contributed by atoms with Gasteiger partial charge in [0, 0.05) is 45.3 Å². The van der Waals surface area contributed by atoms with E-state index in [0.29, 0.717) is 12.6 Å². The molecule has 0 radical (unpaired) electrons. The Hall–Kier alpha value is -1.44. The summed E-state index contributed by atoms with van der Waals surface area (Å²) in [4.78, 5) is 31.0. The van der Waals surface area contributed by atoms with Gasteiger partial charge < -0.3 is 9.64 Å². The van der Waals surface area contributed by atoms with E-state index in [0.717, 1.165) is 50.7 Å². The minimum Gasteiger partial charge on any atom is -0.450 e. The molecule has 2 fully saturated rings. The second kappa shape index (κ2) is 8.97. The number of Topliss-reactive ketones (excluding diaryl/α,β-unsaturated/α-hetero) is 1. The van der Waals surface area contributed by atoms with Gasteiger partial charge in [-0.25, -0.2) is 4.79 Å². The Labute approximate surface area is 159 Å². The van der Waals surface area contributed by atoms with Gasteiger partial charge in [-0.1, -0.05) is 0 Å². The number of nitrogens with zero attached hydrogens (tertiary/aromatic N) is 3. The van der Waals surface area contributed by atoms with Crippen molar-refractivity contribution in [3.8, 4) is 0 Å². The number of carbonyl (C=O) groups is 2. The highest BCUT2D eigenvalue weighted by Crippen LogP contribution is 2.22. The van der Waals surface area contributed by atoms with Crippen LogP contribution in [0, 0.1) is 0 Å². The lowest BCUT2D eigenvalue weighted by molar-refractivity contribution is 0.0413. The standard InChI is InChI=1S/C19H29N3O3S/c1-3-25-19(24)22-9-7-21(8-10-22)17-5-4-6-20(13-17)12-16-11-18(15(2)23)26-14-16/h11,14,17H,3-10,12-13H2,1-2H3/t17-/m1/s1. The number of piperidine rings is 1. The third kappa shape index (κ3) is 4.84. The minimum atomic E-state index is -0.184. The first kappa shape index (κ1) is 19.3. The highest BCUT2D eigenvalue weighted by atomic mass is 32.1. The molecule has 0 unspecified atom stereocenters. The largest absolute Gasteiger partial charge is 0.450 e. The van der Waals surface area contributed by atoms with E-state index < -0.39 is 0 Å². The molecule has 7 heteroatoms. The number of likely N-dealkylation sites (tertiary alicyclic amines) is 1. The van der Waals surface area contributed by atoms with Crippen molar-refractivity contribution in [2.75, 3.05) is 45.9 Å². The van der Waals surface area contributed by atoms with E-state index in [9.17, 15) is 9.59 Å². The molecule has 2 saturated heterocycles. The molecule has 1 amide bonds. The van der Waals surface area contributed by atoms with Crippen LogP contribution >= 0.6 is 11.3 Å². The maximum Gasteiger partial charge on any atom is 0.409 e. The van der Waals surface area contributed by atoms with E-state index in [2.05, 4.69) is 15.2 Å².